The highest BCUT2D eigenvalue weighted by Crippen LogP contribution is 2.36. The second-order valence-corrected chi connectivity index (χ2v) is 10.9. The van der Waals surface area contributed by atoms with Gasteiger partial charge in [0.15, 0.2) is 8.32 Å². The third-order valence-electron chi connectivity index (χ3n) is 3.66. The van der Waals surface area contributed by atoms with Gasteiger partial charge in [0, 0.05) is 6.61 Å². The van der Waals surface area contributed by atoms with Gasteiger partial charge in [-0.05, 0) is 30.5 Å². The third kappa shape index (κ3) is 4.81. The van der Waals surface area contributed by atoms with Gasteiger partial charge in [0.25, 0.3) is 0 Å². The summed E-state index contributed by atoms with van der Waals surface area (Å²) in [6, 6.07) is 0. The van der Waals surface area contributed by atoms with Gasteiger partial charge in [-0.3, -0.25) is 0 Å². The fourth-order valence-corrected chi connectivity index (χ4v) is 2.13. The van der Waals surface area contributed by atoms with Crippen LogP contribution in [-0.4, -0.2) is 26.1 Å². The molecular formula is C13H28O2Si. The van der Waals surface area contributed by atoms with Crippen LogP contribution in [0.15, 0.2) is 12.7 Å². The molecule has 0 rings (SSSR count). The van der Waals surface area contributed by atoms with Crippen LogP contribution >= 0.6 is 0 Å². The van der Waals surface area contributed by atoms with Gasteiger partial charge in [-0.15, -0.1) is 6.58 Å². The van der Waals surface area contributed by atoms with Crippen LogP contribution in [0.2, 0.25) is 18.1 Å². The fourth-order valence-electron chi connectivity index (χ4n) is 1.07. The predicted octanol–water partition coefficient (Wildman–Crippen LogP) is 3.58. The highest BCUT2D eigenvalue weighted by molar-refractivity contribution is 6.74. The quantitative estimate of drug-likeness (QED) is 0.571. The van der Waals surface area contributed by atoms with Gasteiger partial charge >= 0.3 is 0 Å². The molecule has 0 aromatic rings. The summed E-state index contributed by atoms with van der Waals surface area (Å²) >= 11 is 0. The number of rotatable bonds is 6. The molecule has 0 bridgehead atoms. The van der Waals surface area contributed by atoms with Gasteiger partial charge in [-0.25, -0.2) is 0 Å². The lowest BCUT2D eigenvalue weighted by Gasteiger charge is -2.36. The van der Waals surface area contributed by atoms with Crippen molar-refractivity contribution in [3.05, 3.63) is 12.7 Å². The van der Waals surface area contributed by atoms with E-state index in [-0.39, 0.29) is 17.1 Å². The molecule has 0 saturated carbocycles. The van der Waals surface area contributed by atoms with E-state index in [1.54, 1.807) is 6.08 Å². The van der Waals surface area contributed by atoms with Gasteiger partial charge in [0.2, 0.25) is 0 Å². The van der Waals surface area contributed by atoms with E-state index < -0.39 is 8.32 Å². The highest BCUT2D eigenvalue weighted by atomic mass is 28.4. The maximum absolute atomic E-state index is 9.78. The molecule has 0 amide bonds. The zero-order valence-corrected chi connectivity index (χ0v) is 12.7. The minimum Gasteiger partial charge on any atom is -0.417 e. The van der Waals surface area contributed by atoms with Crippen LogP contribution in [-0.2, 0) is 4.43 Å². The Kier molecular flexibility index (Phi) is 5.94. The second kappa shape index (κ2) is 5.99. The molecule has 0 unspecified atom stereocenters. The second-order valence-electron chi connectivity index (χ2n) is 6.06. The maximum atomic E-state index is 9.78. The monoisotopic (exact) mass is 244 g/mol. The molecule has 0 saturated heterocycles. The van der Waals surface area contributed by atoms with Crippen molar-refractivity contribution in [3.8, 4) is 0 Å². The summed E-state index contributed by atoms with van der Waals surface area (Å²) in [5, 5.41) is 10.0. The molecule has 0 aliphatic heterocycles. The van der Waals surface area contributed by atoms with Crippen molar-refractivity contribution >= 4 is 8.32 Å². The summed E-state index contributed by atoms with van der Waals surface area (Å²) in [5.74, 6) is 0.142. The zero-order valence-electron chi connectivity index (χ0n) is 11.7. The molecule has 0 fully saturated rings. The summed E-state index contributed by atoms with van der Waals surface area (Å²) < 4.78 is 6.00. The van der Waals surface area contributed by atoms with E-state index in [0.717, 1.165) is 0 Å². The lowest BCUT2D eigenvalue weighted by atomic mass is 10.0. The van der Waals surface area contributed by atoms with Crippen LogP contribution in [0.5, 0.6) is 0 Å². The topological polar surface area (TPSA) is 29.5 Å². The first kappa shape index (κ1) is 15.9. The van der Waals surface area contributed by atoms with E-state index in [4.69, 9.17) is 4.43 Å². The fraction of sp³-hybridized carbons (Fsp3) is 0.846. The molecule has 96 valence electrons. The molecule has 0 radical (unpaired) electrons. The average molecular weight is 244 g/mol. The van der Waals surface area contributed by atoms with Crippen molar-refractivity contribution in [1.29, 1.82) is 0 Å². The molecule has 0 aliphatic rings. The van der Waals surface area contributed by atoms with E-state index in [1.165, 1.54) is 0 Å². The molecule has 0 aliphatic carbocycles. The number of hydrogen-bond acceptors (Lipinski definition) is 2. The molecule has 2 nitrogen and oxygen atoms in total. The molecule has 0 aromatic carbocycles. The van der Waals surface area contributed by atoms with E-state index in [0.29, 0.717) is 13.0 Å². The first-order chi connectivity index (χ1) is 7.12. The van der Waals surface area contributed by atoms with Crippen molar-refractivity contribution in [2.75, 3.05) is 6.61 Å². The van der Waals surface area contributed by atoms with Crippen LogP contribution in [0, 0.1) is 5.92 Å². The van der Waals surface area contributed by atoms with E-state index in [1.807, 2.05) is 6.92 Å². The van der Waals surface area contributed by atoms with Crippen molar-refractivity contribution in [2.24, 2.45) is 5.92 Å². The van der Waals surface area contributed by atoms with E-state index in [2.05, 4.69) is 40.4 Å². The average Bonchev–Trinajstić information content (AvgIpc) is 2.14. The van der Waals surface area contributed by atoms with Crippen LogP contribution in [0.1, 0.15) is 34.1 Å². The number of hydrogen-bond donors (Lipinski definition) is 1. The molecule has 1 N–H and O–H groups in total. The Bertz CT molecular complexity index is 218. The highest BCUT2D eigenvalue weighted by Gasteiger charge is 2.37. The zero-order chi connectivity index (χ0) is 13.0. The summed E-state index contributed by atoms with van der Waals surface area (Å²) in [6.07, 6.45) is 2.15. The lowest BCUT2D eigenvalue weighted by molar-refractivity contribution is 0.105. The first-order valence-corrected chi connectivity index (χ1v) is 8.97. The Morgan fingerprint density at radius 3 is 2.25 bits per heavy atom. The van der Waals surface area contributed by atoms with Crippen molar-refractivity contribution in [1.82, 2.24) is 0 Å². The predicted molar refractivity (Wildman–Crippen MR) is 73.1 cm³/mol. The van der Waals surface area contributed by atoms with Gasteiger partial charge in [-0.2, -0.15) is 0 Å². The molecule has 0 aromatic heterocycles. The maximum Gasteiger partial charge on any atom is 0.191 e. The van der Waals surface area contributed by atoms with Crippen LogP contribution in [0.25, 0.3) is 0 Å². The van der Waals surface area contributed by atoms with Gasteiger partial charge < -0.3 is 9.53 Å². The number of aliphatic hydroxyl groups is 1. The lowest BCUT2D eigenvalue weighted by Crippen LogP contribution is -2.41. The van der Waals surface area contributed by atoms with Crippen molar-refractivity contribution in [3.63, 3.8) is 0 Å². The molecule has 0 heterocycles. The van der Waals surface area contributed by atoms with Gasteiger partial charge in [-0.1, -0.05) is 33.8 Å². The SMILES string of the molecule is C=C[C@@H](C)[C@H](O)CCO[Si](C)(C)C(C)(C)C. The van der Waals surface area contributed by atoms with Crippen molar-refractivity contribution in [2.45, 2.75) is 58.4 Å². The molecule has 2 atom stereocenters. The standard InChI is InChI=1S/C13H28O2Si/c1-8-11(2)12(14)9-10-15-16(6,7)13(3,4)5/h8,11-12,14H,1,9-10H2,2-7H3/t11-,12-/m1/s1. The Balaban J connectivity index is 4.04. The third-order valence-corrected chi connectivity index (χ3v) is 8.20. The minimum absolute atomic E-state index is 0.142. The Hall–Kier alpha value is -0.123. The Morgan fingerprint density at radius 1 is 1.38 bits per heavy atom. The molecule has 3 heteroatoms. The molecule has 16 heavy (non-hydrogen) atoms. The Morgan fingerprint density at radius 2 is 1.88 bits per heavy atom. The normalized spacial score (nSPS) is 16.9. The first-order valence-electron chi connectivity index (χ1n) is 6.06. The summed E-state index contributed by atoms with van der Waals surface area (Å²) in [4.78, 5) is 0. The largest absolute Gasteiger partial charge is 0.417 e. The van der Waals surface area contributed by atoms with Gasteiger partial charge in [0.05, 0.1) is 6.10 Å². The molecular weight excluding hydrogens is 216 g/mol. The van der Waals surface area contributed by atoms with Crippen LogP contribution in [0.4, 0.5) is 0 Å². The van der Waals surface area contributed by atoms with Crippen LogP contribution < -0.4 is 0 Å². The van der Waals surface area contributed by atoms with E-state index in [9.17, 15) is 5.11 Å². The summed E-state index contributed by atoms with van der Waals surface area (Å²) in [5.41, 5.74) is 0. The van der Waals surface area contributed by atoms with Crippen molar-refractivity contribution < 1.29 is 9.53 Å². The summed E-state index contributed by atoms with van der Waals surface area (Å²) in [7, 11) is -1.65. The number of aliphatic hydroxyl groups excluding tert-OH is 1. The smallest absolute Gasteiger partial charge is 0.191 e. The summed E-state index contributed by atoms with van der Waals surface area (Å²) in [6.45, 7) is 17.4. The molecule has 0 spiro atoms. The van der Waals surface area contributed by atoms with Gasteiger partial charge in [0.1, 0.15) is 0 Å². The van der Waals surface area contributed by atoms with Crippen LogP contribution in [0.3, 0.4) is 0 Å². The minimum atomic E-state index is -1.65. The van der Waals surface area contributed by atoms with E-state index >= 15 is 0 Å². The Labute approximate surface area is 102 Å².